The molecule has 0 amide bonds. The van der Waals surface area contributed by atoms with E-state index in [9.17, 15) is 0 Å². The molecule has 3 aliphatic heterocycles. The Morgan fingerprint density at radius 1 is 0.338 bits per heavy atom. The summed E-state index contributed by atoms with van der Waals surface area (Å²) in [6.45, 7) is 24.6. The SMILES string of the molecule is CC1(C)OB(B2OC(C)(C)C(C)(C)O2)OC1(C)C.CC1(C)OB(c2c3c(cc4oc5ccccc5c24)-c2cccc4cccc-3c24)OC1(C)C.Clc1c2c(cc3oc4ccccc4c13)-c1cccc3cccc-2c13. The van der Waals surface area contributed by atoms with Gasteiger partial charge < -0.3 is 36.8 Å². The molecule has 0 spiro atoms. The van der Waals surface area contributed by atoms with Gasteiger partial charge in [0.25, 0.3) is 0 Å². The molecule has 0 bridgehead atoms. The number of hydrogen-bond donors (Lipinski definition) is 0. The molecular formula is C62H58B3ClO8. The fourth-order valence-corrected chi connectivity index (χ4v) is 11.9. The van der Waals surface area contributed by atoms with E-state index in [4.69, 9.17) is 48.4 Å². The molecule has 370 valence electrons. The van der Waals surface area contributed by atoms with E-state index in [0.29, 0.717) is 0 Å². The lowest BCUT2D eigenvalue weighted by Gasteiger charge is -2.32. The first-order valence-electron chi connectivity index (χ1n) is 25.8. The van der Waals surface area contributed by atoms with Crippen LogP contribution in [0, 0.1) is 0 Å². The van der Waals surface area contributed by atoms with E-state index in [1.807, 2.05) is 85.7 Å². The second kappa shape index (κ2) is 16.1. The van der Waals surface area contributed by atoms with Gasteiger partial charge in [0.2, 0.25) is 0 Å². The lowest BCUT2D eigenvalue weighted by atomic mass is 9.49. The van der Waals surface area contributed by atoms with Crippen LogP contribution >= 0.6 is 11.6 Å². The molecule has 0 saturated carbocycles. The summed E-state index contributed by atoms with van der Waals surface area (Å²) in [4.78, 5) is 0. The van der Waals surface area contributed by atoms with E-state index in [-0.39, 0.29) is 22.4 Å². The molecule has 5 heterocycles. The highest BCUT2D eigenvalue weighted by atomic mass is 35.5. The minimum absolute atomic E-state index is 0.360. The predicted molar refractivity (Wildman–Crippen MR) is 304 cm³/mol. The van der Waals surface area contributed by atoms with Gasteiger partial charge in [-0.05, 0) is 168 Å². The van der Waals surface area contributed by atoms with Crippen molar-refractivity contribution in [2.75, 3.05) is 0 Å². The first kappa shape index (κ1) is 47.8. The highest BCUT2D eigenvalue weighted by Crippen LogP contribution is 2.54. The molecule has 8 aromatic carbocycles. The molecule has 12 heteroatoms. The molecule has 0 radical (unpaired) electrons. The topological polar surface area (TPSA) is 81.7 Å². The summed E-state index contributed by atoms with van der Waals surface area (Å²) >= 11 is 6.92. The molecule has 5 aliphatic rings. The van der Waals surface area contributed by atoms with E-state index in [1.54, 1.807) is 0 Å². The summed E-state index contributed by atoms with van der Waals surface area (Å²) in [5.74, 6) is 0. The largest absolute Gasteiger partial charge is 0.496 e. The average Bonchev–Trinajstić information content (AvgIpc) is 4.21. The van der Waals surface area contributed by atoms with Crippen molar-refractivity contribution in [2.24, 2.45) is 0 Å². The van der Waals surface area contributed by atoms with E-state index in [1.165, 1.54) is 60.5 Å². The fourth-order valence-electron chi connectivity index (χ4n) is 11.5. The van der Waals surface area contributed by atoms with Crippen molar-refractivity contribution in [2.45, 2.75) is 117 Å². The van der Waals surface area contributed by atoms with Crippen LogP contribution in [0.1, 0.15) is 83.1 Å². The van der Waals surface area contributed by atoms with Crippen molar-refractivity contribution in [3.63, 3.8) is 0 Å². The number of para-hydroxylation sites is 2. The van der Waals surface area contributed by atoms with Crippen molar-refractivity contribution < 1.29 is 36.8 Å². The first-order chi connectivity index (χ1) is 35.1. The zero-order valence-electron chi connectivity index (χ0n) is 44.1. The van der Waals surface area contributed by atoms with E-state index in [0.717, 1.165) is 59.9 Å². The zero-order chi connectivity index (χ0) is 51.6. The van der Waals surface area contributed by atoms with Crippen LogP contribution in [-0.2, 0) is 27.9 Å². The van der Waals surface area contributed by atoms with Crippen molar-refractivity contribution >= 4 is 104 Å². The van der Waals surface area contributed by atoms with Crippen LogP contribution in [0.25, 0.3) is 110 Å². The van der Waals surface area contributed by atoms with Crippen LogP contribution in [0.2, 0.25) is 5.02 Å². The number of fused-ring (bicyclic) bond motifs is 12. The third-order valence-corrected chi connectivity index (χ3v) is 17.9. The average molecular weight is 999 g/mol. The van der Waals surface area contributed by atoms with Crippen molar-refractivity contribution in [1.29, 1.82) is 0 Å². The Labute approximate surface area is 437 Å². The van der Waals surface area contributed by atoms with Crippen LogP contribution in [-0.4, -0.2) is 54.7 Å². The summed E-state index contributed by atoms with van der Waals surface area (Å²) in [7, 11) is -1.44. The Balaban J connectivity index is 0.000000112. The van der Waals surface area contributed by atoms with Gasteiger partial charge >= 0.3 is 21.1 Å². The molecular weight excluding hydrogens is 941 g/mol. The maximum Gasteiger partial charge on any atom is 0.496 e. The monoisotopic (exact) mass is 998 g/mol. The van der Waals surface area contributed by atoms with Gasteiger partial charge in [0.05, 0.1) is 38.6 Å². The summed E-state index contributed by atoms with van der Waals surface area (Å²) < 4.78 is 49.5. The fraction of sp³-hybridized carbons (Fsp3) is 0.290. The van der Waals surface area contributed by atoms with E-state index >= 15 is 0 Å². The van der Waals surface area contributed by atoms with Crippen LogP contribution in [0.5, 0.6) is 0 Å². The van der Waals surface area contributed by atoms with Gasteiger partial charge in [0.15, 0.2) is 0 Å². The second-order valence-corrected chi connectivity index (χ2v) is 23.9. The molecule has 8 nitrogen and oxygen atoms in total. The summed E-state index contributed by atoms with van der Waals surface area (Å²) in [5, 5.41) is 10.1. The third kappa shape index (κ3) is 6.93. The molecule has 0 unspecified atom stereocenters. The number of benzene rings is 8. The number of hydrogen-bond acceptors (Lipinski definition) is 8. The quantitative estimate of drug-likeness (QED) is 0.158. The van der Waals surface area contributed by atoms with Gasteiger partial charge in [-0.15, -0.1) is 0 Å². The lowest BCUT2D eigenvalue weighted by molar-refractivity contribution is 0.00578. The van der Waals surface area contributed by atoms with Crippen LogP contribution in [0.4, 0.5) is 0 Å². The smallest absolute Gasteiger partial charge is 0.456 e. The van der Waals surface area contributed by atoms with Gasteiger partial charge in [-0.25, -0.2) is 0 Å². The molecule has 0 atom stereocenters. The molecule has 0 N–H and O–H groups in total. The molecule has 74 heavy (non-hydrogen) atoms. The van der Waals surface area contributed by atoms with Gasteiger partial charge in [-0.2, -0.15) is 0 Å². The minimum atomic E-state index is -0.483. The van der Waals surface area contributed by atoms with Gasteiger partial charge in [-0.3, -0.25) is 0 Å². The van der Waals surface area contributed by atoms with Crippen LogP contribution in [0.15, 0.2) is 142 Å². The molecule has 10 aromatic rings. The normalized spacial score (nSPS) is 19.7. The summed E-state index contributed by atoms with van der Waals surface area (Å²) in [6, 6.07) is 46.6. The van der Waals surface area contributed by atoms with E-state index in [2.05, 4.69) is 131 Å². The zero-order valence-corrected chi connectivity index (χ0v) is 44.8. The number of halogens is 1. The standard InChI is InChI=1S/C28H23BO3.C22H11ClO.C12H24B2O4/c1-27(2)28(3,4)32-29(31-27)26-24-19-13-8-10-16-9-7-12-17(23(16)19)20(24)15-22-25(26)18-11-5-6-14-21(18)30-22;23-22-20-15-9-4-6-12-5-3-8-13(19(12)15)16(20)11-18-21(22)14-7-1-2-10-17(14)24-18;1-9(2)10(3,4)16-13(15-9)14-17-11(5,6)12(7,8)18-14/h5-15H,1-4H3;1-11H;1-8H3. The molecule has 2 aliphatic carbocycles. The minimum Gasteiger partial charge on any atom is -0.456 e. The van der Waals surface area contributed by atoms with Crippen molar-refractivity contribution in [3.8, 4) is 44.5 Å². The highest BCUT2D eigenvalue weighted by Gasteiger charge is 2.64. The first-order valence-corrected chi connectivity index (χ1v) is 26.2. The Bertz CT molecular complexity index is 3900. The molecule has 3 fully saturated rings. The Hall–Kier alpha value is -5.88. The highest BCUT2D eigenvalue weighted by molar-refractivity contribution is 7.11. The Kier molecular flexibility index (Phi) is 10.4. The molecule has 15 rings (SSSR count). The number of furan rings is 2. The summed E-state index contributed by atoms with van der Waals surface area (Å²) in [5.41, 5.74) is 11.9. The van der Waals surface area contributed by atoms with Gasteiger partial charge in [-0.1, -0.05) is 121 Å². The van der Waals surface area contributed by atoms with Crippen molar-refractivity contribution in [1.82, 2.24) is 0 Å². The van der Waals surface area contributed by atoms with Gasteiger partial charge in [0, 0.05) is 32.6 Å². The second-order valence-electron chi connectivity index (χ2n) is 23.5. The molecule has 2 aromatic heterocycles. The van der Waals surface area contributed by atoms with Crippen molar-refractivity contribution in [3.05, 3.63) is 138 Å². The summed E-state index contributed by atoms with van der Waals surface area (Å²) in [6.07, 6.45) is 0. The number of rotatable bonds is 2. The molecule has 3 saturated heterocycles. The predicted octanol–water partition coefficient (Wildman–Crippen LogP) is 16.0. The van der Waals surface area contributed by atoms with Crippen LogP contribution < -0.4 is 5.46 Å². The van der Waals surface area contributed by atoms with Crippen LogP contribution in [0.3, 0.4) is 0 Å². The maximum atomic E-state index is 6.92. The third-order valence-electron chi connectivity index (χ3n) is 17.5. The van der Waals surface area contributed by atoms with Gasteiger partial charge in [0.1, 0.15) is 22.3 Å². The van der Waals surface area contributed by atoms with E-state index < -0.39 is 32.3 Å². The maximum absolute atomic E-state index is 6.92. The lowest BCUT2D eigenvalue weighted by Crippen LogP contribution is -2.41. The Morgan fingerprint density at radius 2 is 0.703 bits per heavy atom. The Morgan fingerprint density at radius 3 is 1.16 bits per heavy atom.